The van der Waals surface area contributed by atoms with Crippen LogP contribution in [0.5, 0.6) is 0 Å². The fourth-order valence-corrected chi connectivity index (χ4v) is 1.93. The first-order valence-corrected chi connectivity index (χ1v) is 6.81. The van der Waals surface area contributed by atoms with Crippen molar-refractivity contribution in [2.45, 2.75) is 39.7 Å². The maximum atomic E-state index is 5.72. The maximum Gasteiger partial charge on any atom is 0.233 e. The van der Waals surface area contributed by atoms with Gasteiger partial charge >= 0.3 is 0 Å². The second kappa shape index (κ2) is 6.48. The van der Waals surface area contributed by atoms with E-state index in [1.54, 1.807) is 0 Å². The zero-order valence-corrected chi connectivity index (χ0v) is 11.8. The van der Waals surface area contributed by atoms with Gasteiger partial charge in [-0.3, -0.25) is 0 Å². The molecule has 2 aromatic rings. The SMILES string of the molecule is CCCNC(C)c1nnc(Cc2ccccc2C)o1. The fourth-order valence-electron chi connectivity index (χ4n) is 1.93. The molecule has 0 aliphatic rings. The Kier molecular flexibility index (Phi) is 4.68. The second-order valence-corrected chi connectivity index (χ2v) is 4.81. The monoisotopic (exact) mass is 259 g/mol. The Morgan fingerprint density at radius 2 is 2.05 bits per heavy atom. The molecule has 1 N–H and O–H groups in total. The van der Waals surface area contributed by atoms with Gasteiger partial charge in [0.15, 0.2) is 0 Å². The summed E-state index contributed by atoms with van der Waals surface area (Å²) in [4.78, 5) is 0. The van der Waals surface area contributed by atoms with Crippen LogP contribution in [0.15, 0.2) is 28.7 Å². The van der Waals surface area contributed by atoms with E-state index in [1.807, 2.05) is 19.1 Å². The molecule has 0 aliphatic carbocycles. The number of rotatable bonds is 6. The van der Waals surface area contributed by atoms with E-state index in [9.17, 15) is 0 Å². The minimum Gasteiger partial charge on any atom is -0.423 e. The molecule has 0 spiro atoms. The predicted octanol–water partition coefficient (Wildman–Crippen LogP) is 3.03. The van der Waals surface area contributed by atoms with Crippen LogP contribution in [0.25, 0.3) is 0 Å². The smallest absolute Gasteiger partial charge is 0.233 e. The van der Waals surface area contributed by atoms with Gasteiger partial charge < -0.3 is 9.73 Å². The van der Waals surface area contributed by atoms with Crippen LogP contribution in [0.2, 0.25) is 0 Å². The number of aromatic nitrogens is 2. The molecule has 0 fully saturated rings. The molecule has 1 atom stereocenters. The normalized spacial score (nSPS) is 12.6. The lowest BCUT2D eigenvalue weighted by Gasteiger charge is -2.07. The van der Waals surface area contributed by atoms with Gasteiger partial charge in [0.2, 0.25) is 11.8 Å². The molecule has 0 saturated carbocycles. The third kappa shape index (κ3) is 3.64. The maximum absolute atomic E-state index is 5.72. The third-order valence-electron chi connectivity index (χ3n) is 3.16. The highest BCUT2D eigenvalue weighted by molar-refractivity contribution is 5.27. The van der Waals surface area contributed by atoms with Crippen molar-refractivity contribution in [1.82, 2.24) is 15.5 Å². The van der Waals surface area contributed by atoms with Crippen LogP contribution in [-0.4, -0.2) is 16.7 Å². The highest BCUT2D eigenvalue weighted by Gasteiger charge is 2.13. The molecule has 2 rings (SSSR count). The predicted molar refractivity (Wildman–Crippen MR) is 75.0 cm³/mol. The molecule has 0 saturated heterocycles. The van der Waals surface area contributed by atoms with Gasteiger partial charge in [-0.1, -0.05) is 31.2 Å². The third-order valence-corrected chi connectivity index (χ3v) is 3.16. The molecule has 0 amide bonds. The molecule has 1 aromatic carbocycles. The van der Waals surface area contributed by atoms with Crippen molar-refractivity contribution in [1.29, 1.82) is 0 Å². The lowest BCUT2D eigenvalue weighted by Crippen LogP contribution is -2.19. The van der Waals surface area contributed by atoms with E-state index in [4.69, 9.17) is 4.42 Å². The van der Waals surface area contributed by atoms with Crippen molar-refractivity contribution < 1.29 is 4.42 Å². The Hall–Kier alpha value is -1.68. The van der Waals surface area contributed by atoms with E-state index < -0.39 is 0 Å². The average Bonchev–Trinajstić information content (AvgIpc) is 2.87. The lowest BCUT2D eigenvalue weighted by atomic mass is 10.1. The van der Waals surface area contributed by atoms with Crippen molar-refractivity contribution in [3.8, 4) is 0 Å². The van der Waals surface area contributed by atoms with E-state index in [1.165, 1.54) is 11.1 Å². The van der Waals surface area contributed by atoms with Crippen LogP contribution < -0.4 is 5.32 Å². The van der Waals surface area contributed by atoms with Crippen molar-refractivity contribution in [2.75, 3.05) is 6.54 Å². The number of hydrogen-bond donors (Lipinski definition) is 1. The summed E-state index contributed by atoms with van der Waals surface area (Å²) in [5.74, 6) is 1.34. The standard InChI is InChI=1S/C15H21N3O/c1-4-9-16-12(3)15-18-17-14(19-15)10-13-8-6-5-7-11(13)2/h5-8,12,16H,4,9-10H2,1-3H3. The number of aryl methyl sites for hydroxylation is 1. The summed E-state index contributed by atoms with van der Waals surface area (Å²) in [5.41, 5.74) is 2.48. The Morgan fingerprint density at radius 3 is 2.79 bits per heavy atom. The molecule has 4 heteroatoms. The van der Waals surface area contributed by atoms with Crippen molar-refractivity contribution in [3.63, 3.8) is 0 Å². The van der Waals surface area contributed by atoms with Crippen LogP contribution in [0.4, 0.5) is 0 Å². The minimum absolute atomic E-state index is 0.109. The van der Waals surface area contributed by atoms with Gasteiger partial charge in [-0.05, 0) is 37.9 Å². The highest BCUT2D eigenvalue weighted by Crippen LogP contribution is 2.15. The molecule has 1 unspecified atom stereocenters. The van der Waals surface area contributed by atoms with Gasteiger partial charge in [0, 0.05) is 0 Å². The Morgan fingerprint density at radius 1 is 1.26 bits per heavy atom. The quantitative estimate of drug-likeness (QED) is 0.866. The summed E-state index contributed by atoms with van der Waals surface area (Å²) in [7, 11) is 0. The van der Waals surface area contributed by atoms with Crippen molar-refractivity contribution in [2.24, 2.45) is 0 Å². The molecular formula is C15H21N3O. The first kappa shape index (κ1) is 13.7. The summed E-state index contributed by atoms with van der Waals surface area (Å²) < 4.78 is 5.72. The summed E-state index contributed by atoms with van der Waals surface area (Å²) in [6.45, 7) is 7.23. The van der Waals surface area contributed by atoms with Crippen LogP contribution in [0.1, 0.15) is 49.2 Å². The van der Waals surface area contributed by atoms with Crippen molar-refractivity contribution in [3.05, 3.63) is 47.2 Å². The summed E-state index contributed by atoms with van der Waals surface area (Å²) in [6.07, 6.45) is 1.79. The molecular weight excluding hydrogens is 238 g/mol. The Bertz CT molecular complexity index is 522. The number of nitrogens with one attached hydrogen (secondary N) is 1. The van der Waals surface area contributed by atoms with Crippen LogP contribution in [0, 0.1) is 6.92 Å². The largest absolute Gasteiger partial charge is 0.423 e. The van der Waals surface area contributed by atoms with Crippen LogP contribution in [-0.2, 0) is 6.42 Å². The molecule has 1 heterocycles. The lowest BCUT2D eigenvalue weighted by molar-refractivity contribution is 0.397. The van der Waals surface area contributed by atoms with Gasteiger partial charge in [0.1, 0.15) is 0 Å². The van der Waals surface area contributed by atoms with E-state index in [-0.39, 0.29) is 6.04 Å². The zero-order valence-electron chi connectivity index (χ0n) is 11.8. The highest BCUT2D eigenvalue weighted by atomic mass is 16.4. The molecule has 19 heavy (non-hydrogen) atoms. The van der Waals surface area contributed by atoms with E-state index in [2.05, 4.69) is 41.5 Å². The second-order valence-electron chi connectivity index (χ2n) is 4.81. The molecule has 0 bridgehead atoms. The number of nitrogens with zero attached hydrogens (tertiary/aromatic N) is 2. The van der Waals surface area contributed by atoms with Gasteiger partial charge in [0.05, 0.1) is 12.5 Å². The topological polar surface area (TPSA) is 51.0 Å². The summed E-state index contributed by atoms with van der Waals surface area (Å²) in [6, 6.07) is 8.37. The van der Waals surface area contributed by atoms with Crippen LogP contribution >= 0.6 is 0 Å². The van der Waals surface area contributed by atoms with E-state index >= 15 is 0 Å². The minimum atomic E-state index is 0.109. The fraction of sp³-hybridized carbons (Fsp3) is 0.467. The van der Waals surface area contributed by atoms with Gasteiger partial charge in [0.25, 0.3) is 0 Å². The molecule has 4 nitrogen and oxygen atoms in total. The first-order chi connectivity index (χ1) is 9.20. The first-order valence-electron chi connectivity index (χ1n) is 6.81. The Balaban J connectivity index is 2.03. The Labute approximate surface area is 114 Å². The molecule has 0 radical (unpaired) electrons. The van der Waals surface area contributed by atoms with Gasteiger partial charge in [-0.25, -0.2) is 0 Å². The molecule has 0 aliphatic heterocycles. The molecule has 102 valence electrons. The van der Waals surface area contributed by atoms with Crippen LogP contribution in [0.3, 0.4) is 0 Å². The van der Waals surface area contributed by atoms with Gasteiger partial charge in [-0.2, -0.15) is 0 Å². The zero-order chi connectivity index (χ0) is 13.7. The summed E-state index contributed by atoms with van der Waals surface area (Å²) >= 11 is 0. The van der Waals surface area contributed by atoms with Crippen molar-refractivity contribution >= 4 is 0 Å². The number of benzene rings is 1. The van der Waals surface area contributed by atoms with E-state index in [0.29, 0.717) is 18.2 Å². The average molecular weight is 259 g/mol. The molecule has 1 aromatic heterocycles. The van der Waals surface area contributed by atoms with E-state index in [0.717, 1.165) is 13.0 Å². The summed E-state index contributed by atoms with van der Waals surface area (Å²) in [5, 5.41) is 11.6. The number of hydrogen-bond acceptors (Lipinski definition) is 4. The van der Waals surface area contributed by atoms with Gasteiger partial charge in [-0.15, -0.1) is 10.2 Å².